The largest absolute Gasteiger partial charge is 0.207 e. The summed E-state index contributed by atoms with van der Waals surface area (Å²) in [6.45, 7) is 2.03. The molecule has 0 saturated carbocycles. The van der Waals surface area contributed by atoms with Gasteiger partial charge >= 0.3 is 0 Å². The molecule has 2 aromatic rings. The Labute approximate surface area is 99.7 Å². The van der Waals surface area contributed by atoms with E-state index in [1.807, 2.05) is 31.2 Å². The van der Waals surface area contributed by atoms with E-state index in [4.69, 9.17) is 12.2 Å². The zero-order valence-corrected chi connectivity index (χ0v) is 9.72. The Hall–Kier alpha value is -1.54. The van der Waals surface area contributed by atoms with E-state index in [1.165, 1.54) is 17.7 Å². The molecule has 2 aromatic carbocycles. The van der Waals surface area contributed by atoms with Gasteiger partial charge in [-0.1, -0.05) is 54.2 Å². The lowest BCUT2D eigenvalue weighted by molar-refractivity contribution is 0.628. The Bertz CT molecular complexity index is 450. The van der Waals surface area contributed by atoms with Crippen LogP contribution >= 0.6 is 12.2 Å². The van der Waals surface area contributed by atoms with Crippen molar-refractivity contribution >= 4 is 17.1 Å². The first kappa shape index (κ1) is 11.0. The van der Waals surface area contributed by atoms with Gasteiger partial charge in [0.25, 0.3) is 0 Å². The van der Waals surface area contributed by atoms with Crippen molar-refractivity contribution in [2.45, 2.75) is 6.92 Å². The molecular formula is C14H11FS. The molecule has 2 rings (SSSR count). The second-order valence-corrected chi connectivity index (χ2v) is 4.11. The third-order valence-corrected chi connectivity index (χ3v) is 2.89. The van der Waals surface area contributed by atoms with Gasteiger partial charge < -0.3 is 0 Å². The number of benzene rings is 2. The SMILES string of the molecule is Cc1ccc(C(=S)c2ccc(F)cc2)cc1. The lowest BCUT2D eigenvalue weighted by Crippen LogP contribution is -1.99. The highest BCUT2D eigenvalue weighted by Gasteiger charge is 2.03. The lowest BCUT2D eigenvalue weighted by atomic mass is 10.0. The molecule has 0 aliphatic carbocycles. The van der Waals surface area contributed by atoms with E-state index in [9.17, 15) is 4.39 Å². The average molecular weight is 230 g/mol. The molecule has 0 unspecified atom stereocenters. The Balaban J connectivity index is 2.32. The molecule has 2 heteroatoms. The summed E-state index contributed by atoms with van der Waals surface area (Å²) < 4.78 is 12.8. The second-order valence-electron chi connectivity index (χ2n) is 3.70. The maximum Gasteiger partial charge on any atom is 0.123 e. The number of rotatable bonds is 2. The smallest absolute Gasteiger partial charge is 0.123 e. The number of hydrogen-bond donors (Lipinski definition) is 0. The first-order valence-corrected chi connectivity index (χ1v) is 5.44. The number of thiocarbonyl (C=S) groups is 1. The minimum atomic E-state index is -0.240. The summed E-state index contributed by atoms with van der Waals surface area (Å²) in [5.74, 6) is -0.240. The standard InChI is InChI=1S/C14H11FS/c1-10-2-4-11(5-3-10)14(16)12-6-8-13(15)9-7-12/h2-9H,1H3. The first-order chi connectivity index (χ1) is 7.66. The Morgan fingerprint density at radius 2 is 1.31 bits per heavy atom. The van der Waals surface area contributed by atoms with E-state index in [2.05, 4.69) is 0 Å². The zero-order chi connectivity index (χ0) is 11.5. The van der Waals surface area contributed by atoms with Crippen LogP contribution in [0.1, 0.15) is 16.7 Å². The molecule has 0 atom stereocenters. The van der Waals surface area contributed by atoms with E-state index in [0.29, 0.717) is 0 Å². The molecule has 16 heavy (non-hydrogen) atoms. The molecule has 0 spiro atoms. The third kappa shape index (κ3) is 2.34. The van der Waals surface area contributed by atoms with Gasteiger partial charge in [0.1, 0.15) is 5.82 Å². The predicted molar refractivity (Wildman–Crippen MR) is 68.4 cm³/mol. The van der Waals surface area contributed by atoms with Gasteiger partial charge in [0.05, 0.1) is 4.86 Å². The zero-order valence-electron chi connectivity index (χ0n) is 8.91. The van der Waals surface area contributed by atoms with E-state index in [-0.39, 0.29) is 5.82 Å². The molecule has 0 radical (unpaired) electrons. The van der Waals surface area contributed by atoms with Crippen molar-refractivity contribution in [2.24, 2.45) is 0 Å². The summed E-state index contributed by atoms with van der Waals surface area (Å²) in [5, 5.41) is 0. The van der Waals surface area contributed by atoms with Crippen LogP contribution in [0.3, 0.4) is 0 Å². The topological polar surface area (TPSA) is 0 Å². The predicted octanol–water partition coefficient (Wildman–Crippen LogP) is 3.90. The van der Waals surface area contributed by atoms with Gasteiger partial charge in [-0.25, -0.2) is 4.39 Å². The van der Waals surface area contributed by atoms with Gasteiger partial charge in [-0.2, -0.15) is 0 Å². The van der Waals surface area contributed by atoms with Crippen LogP contribution in [-0.4, -0.2) is 4.86 Å². The number of hydrogen-bond acceptors (Lipinski definition) is 1. The highest BCUT2D eigenvalue weighted by atomic mass is 32.1. The van der Waals surface area contributed by atoms with Crippen LogP contribution in [0, 0.1) is 12.7 Å². The Morgan fingerprint density at radius 1 is 0.875 bits per heavy atom. The van der Waals surface area contributed by atoms with Crippen LogP contribution in [0.15, 0.2) is 48.5 Å². The van der Waals surface area contributed by atoms with Crippen LogP contribution in [0.25, 0.3) is 0 Å². The molecular weight excluding hydrogens is 219 g/mol. The molecule has 80 valence electrons. The molecule has 0 aliphatic rings. The second kappa shape index (κ2) is 4.54. The summed E-state index contributed by atoms with van der Waals surface area (Å²) in [6, 6.07) is 14.3. The van der Waals surface area contributed by atoms with Gasteiger partial charge in [0.2, 0.25) is 0 Å². The van der Waals surface area contributed by atoms with Crippen molar-refractivity contribution in [1.29, 1.82) is 0 Å². The maximum atomic E-state index is 12.8. The molecule has 0 nitrogen and oxygen atoms in total. The van der Waals surface area contributed by atoms with Crippen LogP contribution in [-0.2, 0) is 0 Å². The summed E-state index contributed by atoms with van der Waals surface area (Å²) in [7, 11) is 0. The van der Waals surface area contributed by atoms with Crippen molar-refractivity contribution in [3.8, 4) is 0 Å². The summed E-state index contributed by atoms with van der Waals surface area (Å²) in [5.41, 5.74) is 3.07. The van der Waals surface area contributed by atoms with Crippen molar-refractivity contribution in [2.75, 3.05) is 0 Å². The van der Waals surface area contributed by atoms with Gasteiger partial charge in [0.15, 0.2) is 0 Å². The highest BCUT2D eigenvalue weighted by molar-refractivity contribution is 7.81. The van der Waals surface area contributed by atoms with Crippen LogP contribution in [0.5, 0.6) is 0 Å². The molecule has 0 aliphatic heterocycles. The fourth-order valence-corrected chi connectivity index (χ4v) is 1.75. The third-order valence-electron chi connectivity index (χ3n) is 2.42. The average Bonchev–Trinajstić information content (AvgIpc) is 2.30. The Morgan fingerprint density at radius 3 is 1.81 bits per heavy atom. The fraction of sp³-hybridized carbons (Fsp3) is 0.0714. The first-order valence-electron chi connectivity index (χ1n) is 5.04. The van der Waals surface area contributed by atoms with E-state index in [0.717, 1.165) is 16.0 Å². The normalized spacial score (nSPS) is 10.1. The van der Waals surface area contributed by atoms with Crippen molar-refractivity contribution < 1.29 is 4.39 Å². The summed E-state index contributed by atoms with van der Waals surface area (Å²) >= 11 is 5.35. The van der Waals surface area contributed by atoms with E-state index >= 15 is 0 Å². The number of halogens is 1. The quantitative estimate of drug-likeness (QED) is 0.557. The summed E-state index contributed by atoms with van der Waals surface area (Å²) in [6.07, 6.45) is 0. The molecule has 0 saturated heterocycles. The minimum Gasteiger partial charge on any atom is -0.207 e. The monoisotopic (exact) mass is 230 g/mol. The maximum absolute atomic E-state index is 12.8. The van der Waals surface area contributed by atoms with Crippen LogP contribution in [0.2, 0.25) is 0 Å². The summed E-state index contributed by atoms with van der Waals surface area (Å²) in [4.78, 5) is 0.750. The van der Waals surface area contributed by atoms with Gasteiger partial charge in [0, 0.05) is 0 Å². The highest BCUT2D eigenvalue weighted by Crippen LogP contribution is 2.12. The lowest BCUT2D eigenvalue weighted by Gasteiger charge is -2.04. The van der Waals surface area contributed by atoms with Gasteiger partial charge in [-0.15, -0.1) is 0 Å². The van der Waals surface area contributed by atoms with Gasteiger partial charge in [-0.3, -0.25) is 0 Å². The molecule has 0 N–H and O–H groups in total. The number of aryl methyl sites for hydroxylation is 1. The molecule has 0 heterocycles. The molecule has 0 bridgehead atoms. The minimum absolute atomic E-state index is 0.240. The Kier molecular flexibility index (Phi) is 3.11. The van der Waals surface area contributed by atoms with E-state index < -0.39 is 0 Å². The fourth-order valence-electron chi connectivity index (χ4n) is 1.47. The van der Waals surface area contributed by atoms with E-state index in [1.54, 1.807) is 12.1 Å². The van der Waals surface area contributed by atoms with Crippen molar-refractivity contribution in [1.82, 2.24) is 0 Å². The molecule has 0 amide bonds. The molecule has 0 aromatic heterocycles. The molecule has 0 fully saturated rings. The van der Waals surface area contributed by atoms with Crippen LogP contribution in [0.4, 0.5) is 4.39 Å². The van der Waals surface area contributed by atoms with Crippen molar-refractivity contribution in [3.05, 3.63) is 71.0 Å². The van der Waals surface area contributed by atoms with Crippen LogP contribution < -0.4 is 0 Å². The van der Waals surface area contributed by atoms with Crippen molar-refractivity contribution in [3.63, 3.8) is 0 Å². The van der Waals surface area contributed by atoms with Gasteiger partial charge in [-0.05, 0) is 30.2 Å².